The molecule has 2 heterocycles. The third kappa shape index (κ3) is 2.85. The molecule has 2 atom stereocenters. The number of carbonyl (C=O) groups is 1. The lowest BCUT2D eigenvalue weighted by Crippen LogP contribution is -2.40. The predicted molar refractivity (Wildman–Crippen MR) is 63.9 cm³/mol. The van der Waals surface area contributed by atoms with E-state index >= 15 is 0 Å². The Morgan fingerprint density at radius 1 is 1.61 bits per heavy atom. The highest BCUT2D eigenvalue weighted by Gasteiger charge is 2.31. The lowest BCUT2D eigenvalue weighted by Gasteiger charge is -2.23. The van der Waals surface area contributed by atoms with Gasteiger partial charge in [0.1, 0.15) is 0 Å². The largest absolute Gasteiger partial charge is 0.408 e. The van der Waals surface area contributed by atoms with Gasteiger partial charge in [-0.1, -0.05) is 12.0 Å². The summed E-state index contributed by atoms with van der Waals surface area (Å²) in [7, 11) is 0. The second-order valence-electron chi connectivity index (χ2n) is 4.66. The second-order valence-corrected chi connectivity index (χ2v) is 4.66. The van der Waals surface area contributed by atoms with Crippen molar-refractivity contribution in [3.63, 3.8) is 0 Å². The minimum Gasteiger partial charge on any atom is -0.408 e. The Hall–Kier alpha value is -1.47. The number of likely N-dealkylation sites (tertiary alicyclic amines) is 1. The molecule has 18 heavy (non-hydrogen) atoms. The van der Waals surface area contributed by atoms with Gasteiger partial charge in [-0.3, -0.25) is 15.0 Å². The number of hydrogen-bond donors (Lipinski definition) is 2. The molecule has 0 radical (unpaired) electrons. The summed E-state index contributed by atoms with van der Waals surface area (Å²) in [6.07, 6.45) is 0.998. The topological polar surface area (TPSA) is 91.5 Å². The van der Waals surface area contributed by atoms with Crippen molar-refractivity contribution >= 4 is 11.9 Å². The Morgan fingerprint density at radius 2 is 2.39 bits per heavy atom. The third-order valence-corrected chi connectivity index (χ3v) is 3.30. The Balaban J connectivity index is 1.87. The van der Waals surface area contributed by atoms with Crippen molar-refractivity contribution in [3.05, 3.63) is 5.89 Å². The Bertz CT molecular complexity index is 420. The zero-order valence-corrected chi connectivity index (χ0v) is 10.6. The van der Waals surface area contributed by atoms with E-state index in [9.17, 15) is 9.90 Å². The van der Waals surface area contributed by atoms with Gasteiger partial charge in [0, 0.05) is 13.0 Å². The molecule has 100 valence electrons. The molecule has 1 aliphatic heterocycles. The Labute approximate surface area is 105 Å². The fourth-order valence-electron chi connectivity index (χ4n) is 2.27. The van der Waals surface area contributed by atoms with Crippen LogP contribution in [0.3, 0.4) is 0 Å². The van der Waals surface area contributed by atoms with Crippen LogP contribution in [0, 0.1) is 12.8 Å². The van der Waals surface area contributed by atoms with E-state index in [1.165, 1.54) is 0 Å². The van der Waals surface area contributed by atoms with E-state index in [1.807, 2.05) is 4.90 Å². The summed E-state index contributed by atoms with van der Waals surface area (Å²) in [6.45, 7) is 4.88. The monoisotopic (exact) mass is 254 g/mol. The van der Waals surface area contributed by atoms with Crippen LogP contribution in [0.4, 0.5) is 6.01 Å². The highest BCUT2D eigenvalue weighted by atomic mass is 16.4. The van der Waals surface area contributed by atoms with Crippen LogP contribution < -0.4 is 5.32 Å². The molecule has 2 rings (SSSR count). The molecule has 1 fully saturated rings. The number of carbonyl (C=O) groups excluding carboxylic acids is 1. The quantitative estimate of drug-likeness (QED) is 0.787. The first-order valence-electron chi connectivity index (χ1n) is 6.05. The van der Waals surface area contributed by atoms with Crippen LogP contribution in [-0.2, 0) is 4.79 Å². The average Bonchev–Trinajstić information content (AvgIpc) is 2.86. The Morgan fingerprint density at radius 3 is 3.00 bits per heavy atom. The van der Waals surface area contributed by atoms with E-state index in [0.717, 1.165) is 13.0 Å². The first-order valence-corrected chi connectivity index (χ1v) is 6.05. The molecule has 0 spiro atoms. The van der Waals surface area contributed by atoms with E-state index in [1.54, 1.807) is 6.92 Å². The predicted octanol–water partition coefficient (Wildman–Crippen LogP) is 0.0192. The molecule has 7 heteroatoms. The van der Waals surface area contributed by atoms with Gasteiger partial charge in [-0.15, -0.1) is 5.10 Å². The molecule has 1 aliphatic rings. The molecule has 1 saturated heterocycles. The lowest BCUT2D eigenvalue weighted by atomic mass is 10.0. The number of aliphatic hydroxyl groups excluding tert-OH is 1. The van der Waals surface area contributed by atoms with Crippen molar-refractivity contribution in [2.24, 2.45) is 5.92 Å². The van der Waals surface area contributed by atoms with E-state index in [0.29, 0.717) is 11.8 Å². The van der Waals surface area contributed by atoms with Crippen LogP contribution >= 0.6 is 0 Å². The van der Waals surface area contributed by atoms with Crippen LogP contribution in [0.15, 0.2) is 4.42 Å². The maximum atomic E-state index is 11.8. The molecule has 1 amide bonds. The number of nitrogens with one attached hydrogen (secondary N) is 1. The molecule has 1 aromatic rings. The number of anilines is 1. The molecule has 0 aromatic carbocycles. The van der Waals surface area contributed by atoms with Gasteiger partial charge in [0.15, 0.2) is 0 Å². The Kier molecular flexibility index (Phi) is 3.93. The van der Waals surface area contributed by atoms with E-state index in [2.05, 4.69) is 22.4 Å². The van der Waals surface area contributed by atoms with E-state index < -0.39 is 0 Å². The summed E-state index contributed by atoms with van der Waals surface area (Å²) >= 11 is 0. The summed E-state index contributed by atoms with van der Waals surface area (Å²) < 4.78 is 5.07. The van der Waals surface area contributed by atoms with Crippen LogP contribution in [0.2, 0.25) is 0 Å². The fourth-order valence-corrected chi connectivity index (χ4v) is 2.27. The molecule has 2 unspecified atom stereocenters. The molecule has 0 aliphatic carbocycles. The fraction of sp³-hybridized carbons (Fsp3) is 0.727. The second kappa shape index (κ2) is 5.45. The van der Waals surface area contributed by atoms with E-state index in [-0.39, 0.29) is 31.1 Å². The van der Waals surface area contributed by atoms with E-state index in [4.69, 9.17) is 4.42 Å². The highest BCUT2D eigenvalue weighted by molar-refractivity contribution is 5.90. The number of hydrogen-bond acceptors (Lipinski definition) is 6. The summed E-state index contributed by atoms with van der Waals surface area (Å²) in [5.74, 6) is 0.618. The average molecular weight is 254 g/mol. The maximum absolute atomic E-state index is 11.8. The van der Waals surface area contributed by atoms with Gasteiger partial charge < -0.3 is 9.52 Å². The molecule has 0 bridgehead atoms. The van der Waals surface area contributed by atoms with Gasteiger partial charge in [0.2, 0.25) is 11.8 Å². The molecule has 1 aromatic heterocycles. The summed E-state index contributed by atoms with van der Waals surface area (Å²) in [5.41, 5.74) is 0. The van der Waals surface area contributed by atoms with Crippen molar-refractivity contribution in [1.82, 2.24) is 15.1 Å². The standard InChI is InChI=1S/C11H18N4O3/c1-7-3-4-15(9(7)6-16)5-10(17)12-11-14-13-8(2)18-11/h7,9,16H,3-6H2,1-2H3,(H,12,14,17). The lowest BCUT2D eigenvalue weighted by molar-refractivity contribution is -0.117. The summed E-state index contributed by atoms with van der Waals surface area (Å²) in [4.78, 5) is 13.8. The molecule has 2 N–H and O–H groups in total. The normalized spacial score (nSPS) is 24.4. The van der Waals surface area contributed by atoms with Crippen LogP contribution in [-0.4, -0.2) is 51.8 Å². The molecule has 0 saturated carbocycles. The van der Waals surface area contributed by atoms with Crippen LogP contribution in [0.5, 0.6) is 0 Å². The van der Waals surface area contributed by atoms with Gasteiger partial charge in [-0.05, 0) is 18.9 Å². The number of aromatic nitrogens is 2. The molecule has 7 nitrogen and oxygen atoms in total. The van der Waals surface area contributed by atoms with Crippen molar-refractivity contribution < 1.29 is 14.3 Å². The maximum Gasteiger partial charge on any atom is 0.322 e. The molecular formula is C11H18N4O3. The number of amides is 1. The van der Waals surface area contributed by atoms with Gasteiger partial charge >= 0.3 is 6.01 Å². The van der Waals surface area contributed by atoms with Crippen molar-refractivity contribution in [3.8, 4) is 0 Å². The van der Waals surface area contributed by atoms with Gasteiger partial charge in [0.25, 0.3) is 0 Å². The first-order chi connectivity index (χ1) is 8.60. The van der Waals surface area contributed by atoms with Gasteiger partial charge in [0.05, 0.1) is 13.2 Å². The smallest absolute Gasteiger partial charge is 0.322 e. The number of aryl methyl sites for hydroxylation is 1. The van der Waals surface area contributed by atoms with Crippen molar-refractivity contribution in [2.75, 3.05) is 25.0 Å². The minimum atomic E-state index is -0.203. The summed E-state index contributed by atoms with van der Waals surface area (Å²) in [5, 5.41) is 19.2. The zero-order valence-electron chi connectivity index (χ0n) is 10.6. The summed E-state index contributed by atoms with van der Waals surface area (Å²) in [6, 6.07) is 0.172. The van der Waals surface area contributed by atoms with Crippen molar-refractivity contribution in [2.45, 2.75) is 26.3 Å². The highest BCUT2D eigenvalue weighted by Crippen LogP contribution is 2.23. The van der Waals surface area contributed by atoms with Crippen LogP contribution in [0.1, 0.15) is 19.2 Å². The number of rotatable bonds is 4. The van der Waals surface area contributed by atoms with Crippen LogP contribution in [0.25, 0.3) is 0 Å². The number of nitrogens with zero attached hydrogens (tertiary/aromatic N) is 3. The van der Waals surface area contributed by atoms with Gasteiger partial charge in [-0.2, -0.15) is 0 Å². The zero-order chi connectivity index (χ0) is 13.1. The first kappa shape index (κ1) is 13.0. The molecular weight excluding hydrogens is 236 g/mol. The van der Waals surface area contributed by atoms with Gasteiger partial charge in [-0.25, -0.2) is 0 Å². The van der Waals surface area contributed by atoms with Crippen molar-refractivity contribution in [1.29, 1.82) is 0 Å². The number of aliphatic hydroxyl groups is 1. The minimum absolute atomic E-state index is 0.0557. The third-order valence-electron chi connectivity index (χ3n) is 3.30. The SMILES string of the molecule is Cc1nnc(NC(=O)CN2CCC(C)C2CO)o1.